The third-order valence-electron chi connectivity index (χ3n) is 4.57. The van der Waals surface area contributed by atoms with Crippen LogP contribution in [-0.4, -0.2) is 19.3 Å². The van der Waals surface area contributed by atoms with E-state index in [4.69, 9.17) is 9.47 Å². The molecule has 0 aromatic heterocycles. The molecule has 1 aromatic carbocycles. The fourth-order valence-corrected chi connectivity index (χ4v) is 3.48. The molecule has 0 radical (unpaired) electrons. The number of ether oxygens (including phenoxy) is 2. The van der Waals surface area contributed by atoms with Gasteiger partial charge in [0.1, 0.15) is 13.2 Å². The lowest BCUT2D eigenvalue weighted by molar-refractivity contribution is 0.171. The quantitative estimate of drug-likeness (QED) is 0.901. The first-order valence-corrected chi connectivity index (χ1v) is 7.90. The van der Waals surface area contributed by atoms with E-state index in [1.165, 1.54) is 25.7 Å². The van der Waals surface area contributed by atoms with Gasteiger partial charge in [-0.25, -0.2) is 0 Å². The first kappa shape index (κ1) is 13.6. The highest BCUT2D eigenvalue weighted by atomic mass is 16.6. The van der Waals surface area contributed by atoms with E-state index < -0.39 is 0 Å². The second-order valence-electron chi connectivity index (χ2n) is 6.30. The molecule has 20 heavy (non-hydrogen) atoms. The Morgan fingerprint density at radius 2 is 1.80 bits per heavy atom. The summed E-state index contributed by atoms with van der Waals surface area (Å²) in [7, 11) is 0. The molecular weight excluding hydrogens is 250 g/mol. The number of fused-ring (bicyclic) bond motifs is 1. The number of hydrogen-bond acceptors (Lipinski definition) is 3. The van der Waals surface area contributed by atoms with Crippen LogP contribution in [0, 0.1) is 11.8 Å². The van der Waals surface area contributed by atoms with Crippen molar-refractivity contribution >= 4 is 5.69 Å². The number of nitrogens with one attached hydrogen (secondary N) is 1. The van der Waals surface area contributed by atoms with Gasteiger partial charge in [0.15, 0.2) is 11.5 Å². The highest BCUT2D eigenvalue weighted by molar-refractivity contribution is 5.55. The Kier molecular flexibility index (Phi) is 4.04. The lowest BCUT2D eigenvalue weighted by Gasteiger charge is -2.35. The zero-order chi connectivity index (χ0) is 13.9. The molecule has 2 atom stereocenters. The molecule has 0 saturated heterocycles. The molecule has 110 valence electrons. The predicted octanol–water partition coefficient (Wildman–Crippen LogP) is 4.08. The van der Waals surface area contributed by atoms with Gasteiger partial charge in [0.05, 0.1) is 0 Å². The van der Waals surface area contributed by atoms with Crippen LogP contribution in [0.4, 0.5) is 5.69 Å². The fraction of sp³-hybridized carbons (Fsp3) is 0.647. The molecule has 3 rings (SSSR count). The molecule has 1 N–H and O–H groups in total. The van der Waals surface area contributed by atoms with Crippen molar-refractivity contribution < 1.29 is 9.47 Å². The van der Waals surface area contributed by atoms with Crippen LogP contribution in [0.15, 0.2) is 18.2 Å². The van der Waals surface area contributed by atoms with Gasteiger partial charge in [-0.1, -0.05) is 26.7 Å². The third kappa shape index (κ3) is 2.87. The standard InChI is InChI=1S/C17H25NO2/c1-12(2)14-5-3-4-6-15(14)18-13-7-8-16-17(11-13)20-10-9-19-16/h7-8,11-12,14-15,18H,3-6,9-10H2,1-2H3. The van der Waals surface area contributed by atoms with E-state index in [1.54, 1.807) is 0 Å². The van der Waals surface area contributed by atoms with Crippen LogP contribution in [-0.2, 0) is 0 Å². The van der Waals surface area contributed by atoms with E-state index in [-0.39, 0.29) is 0 Å². The van der Waals surface area contributed by atoms with E-state index >= 15 is 0 Å². The maximum atomic E-state index is 5.66. The van der Waals surface area contributed by atoms with Crippen molar-refractivity contribution in [3.63, 3.8) is 0 Å². The van der Waals surface area contributed by atoms with E-state index in [1.807, 2.05) is 6.07 Å². The van der Waals surface area contributed by atoms with Crippen LogP contribution in [0.3, 0.4) is 0 Å². The largest absolute Gasteiger partial charge is 0.486 e. The Hall–Kier alpha value is -1.38. The van der Waals surface area contributed by atoms with Crippen molar-refractivity contribution in [2.45, 2.75) is 45.6 Å². The highest BCUT2D eigenvalue weighted by Crippen LogP contribution is 2.36. The number of anilines is 1. The molecule has 1 saturated carbocycles. The molecule has 1 aliphatic heterocycles. The maximum absolute atomic E-state index is 5.66. The molecule has 0 bridgehead atoms. The summed E-state index contributed by atoms with van der Waals surface area (Å²) in [6.45, 7) is 5.98. The van der Waals surface area contributed by atoms with E-state index in [0.717, 1.165) is 29.0 Å². The molecule has 2 aliphatic rings. The van der Waals surface area contributed by atoms with E-state index in [2.05, 4.69) is 31.3 Å². The zero-order valence-corrected chi connectivity index (χ0v) is 12.5. The van der Waals surface area contributed by atoms with Gasteiger partial charge in [-0.2, -0.15) is 0 Å². The summed E-state index contributed by atoms with van der Waals surface area (Å²) >= 11 is 0. The molecule has 1 heterocycles. The summed E-state index contributed by atoms with van der Waals surface area (Å²) in [5.41, 5.74) is 1.16. The van der Waals surface area contributed by atoms with Crippen LogP contribution in [0.5, 0.6) is 11.5 Å². The normalized spacial score (nSPS) is 25.6. The first-order chi connectivity index (χ1) is 9.74. The summed E-state index contributed by atoms with van der Waals surface area (Å²) in [6, 6.07) is 6.80. The fourth-order valence-electron chi connectivity index (χ4n) is 3.48. The summed E-state index contributed by atoms with van der Waals surface area (Å²) in [5.74, 6) is 3.26. The minimum atomic E-state index is 0.589. The summed E-state index contributed by atoms with van der Waals surface area (Å²) in [4.78, 5) is 0. The van der Waals surface area contributed by atoms with Crippen molar-refractivity contribution in [3.8, 4) is 11.5 Å². The van der Waals surface area contributed by atoms with Gasteiger partial charge in [-0.15, -0.1) is 0 Å². The molecule has 1 aromatic rings. The Bertz CT molecular complexity index is 458. The maximum Gasteiger partial charge on any atom is 0.163 e. The summed E-state index contributed by atoms with van der Waals surface area (Å²) in [6.07, 6.45) is 5.34. The molecule has 0 amide bonds. The molecule has 3 nitrogen and oxygen atoms in total. The van der Waals surface area contributed by atoms with Gasteiger partial charge in [-0.3, -0.25) is 0 Å². The van der Waals surface area contributed by atoms with E-state index in [9.17, 15) is 0 Å². The SMILES string of the molecule is CC(C)C1CCCCC1Nc1ccc2c(c1)OCCO2. The van der Waals surface area contributed by atoms with Crippen molar-refractivity contribution in [1.29, 1.82) is 0 Å². The minimum Gasteiger partial charge on any atom is -0.486 e. The number of hydrogen-bond donors (Lipinski definition) is 1. The Balaban J connectivity index is 1.73. The lowest BCUT2D eigenvalue weighted by atomic mass is 9.78. The lowest BCUT2D eigenvalue weighted by Crippen LogP contribution is -2.35. The van der Waals surface area contributed by atoms with Crippen LogP contribution < -0.4 is 14.8 Å². The van der Waals surface area contributed by atoms with Crippen molar-refractivity contribution in [3.05, 3.63) is 18.2 Å². The van der Waals surface area contributed by atoms with Crippen molar-refractivity contribution in [2.24, 2.45) is 11.8 Å². The molecule has 1 fully saturated rings. The second kappa shape index (κ2) is 5.94. The molecule has 2 unspecified atom stereocenters. The topological polar surface area (TPSA) is 30.5 Å². The van der Waals surface area contributed by atoms with Crippen LogP contribution in [0.1, 0.15) is 39.5 Å². The van der Waals surface area contributed by atoms with Crippen molar-refractivity contribution in [2.75, 3.05) is 18.5 Å². The van der Waals surface area contributed by atoms with Gasteiger partial charge < -0.3 is 14.8 Å². The third-order valence-corrected chi connectivity index (χ3v) is 4.57. The first-order valence-electron chi connectivity index (χ1n) is 7.90. The highest BCUT2D eigenvalue weighted by Gasteiger charge is 2.27. The second-order valence-corrected chi connectivity index (χ2v) is 6.30. The van der Waals surface area contributed by atoms with Gasteiger partial charge in [-0.05, 0) is 36.8 Å². The average Bonchev–Trinajstić information content (AvgIpc) is 2.47. The summed E-state index contributed by atoms with van der Waals surface area (Å²) in [5, 5.41) is 3.73. The number of rotatable bonds is 3. The van der Waals surface area contributed by atoms with Crippen LogP contribution in [0.25, 0.3) is 0 Å². The van der Waals surface area contributed by atoms with Crippen LogP contribution in [0.2, 0.25) is 0 Å². The monoisotopic (exact) mass is 275 g/mol. The predicted molar refractivity (Wildman–Crippen MR) is 81.6 cm³/mol. The molecule has 0 spiro atoms. The Morgan fingerprint density at radius 1 is 1.05 bits per heavy atom. The number of benzene rings is 1. The molecule has 3 heteroatoms. The van der Waals surface area contributed by atoms with E-state index in [0.29, 0.717) is 19.3 Å². The van der Waals surface area contributed by atoms with Gasteiger partial charge in [0.25, 0.3) is 0 Å². The van der Waals surface area contributed by atoms with Gasteiger partial charge >= 0.3 is 0 Å². The average molecular weight is 275 g/mol. The Labute approximate surface area is 121 Å². The molecule has 1 aliphatic carbocycles. The van der Waals surface area contributed by atoms with Crippen molar-refractivity contribution in [1.82, 2.24) is 0 Å². The Morgan fingerprint density at radius 3 is 2.60 bits per heavy atom. The van der Waals surface area contributed by atoms with Gasteiger partial charge in [0, 0.05) is 17.8 Å². The minimum absolute atomic E-state index is 0.589. The van der Waals surface area contributed by atoms with Crippen LogP contribution >= 0.6 is 0 Å². The summed E-state index contributed by atoms with van der Waals surface area (Å²) < 4.78 is 11.2. The zero-order valence-electron chi connectivity index (χ0n) is 12.5. The molecular formula is C17H25NO2. The smallest absolute Gasteiger partial charge is 0.163 e. The van der Waals surface area contributed by atoms with Gasteiger partial charge in [0.2, 0.25) is 0 Å².